The maximum Gasteiger partial charge on any atom is 0.417 e. The van der Waals surface area contributed by atoms with Gasteiger partial charge in [0.2, 0.25) is 5.91 Å². The molecule has 0 aromatic heterocycles. The Hall–Kier alpha value is -2.13. The van der Waals surface area contributed by atoms with E-state index in [1.165, 1.54) is 18.6 Å². The Kier molecular flexibility index (Phi) is 6.24. The molecule has 0 N–H and O–H groups in total. The number of esters is 1. The molecule has 9 heteroatoms. The van der Waals surface area contributed by atoms with Gasteiger partial charge in [-0.05, 0) is 49.8 Å². The van der Waals surface area contributed by atoms with Crippen molar-refractivity contribution < 1.29 is 32.2 Å². The first-order valence-electron chi connectivity index (χ1n) is 11.1. The summed E-state index contributed by atoms with van der Waals surface area (Å²) < 4.78 is 50.2. The first-order chi connectivity index (χ1) is 15.1. The van der Waals surface area contributed by atoms with Crippen LogP contribution in [0.1, 0.15) is 60.0 Å². The highest BCUT2D eigenvalue weighted by atomic mass is 19.4. The first kappa shape index (κ1) is 23.0. The van der Waals surface area contributed by atoms with E-state index in [1.54, 1.807) is 4.90 Å². The maximum atomic E-state index is 13.2. The molecule has 176 valence electrons. The number of halogens is 3. The number of carbonyl (C=O) groups is 2. The lowest BCUT2D eigenvalue weighted by Crippen LogP contribution is -2.41. The van der Waals surface area contributed by atoms with Gasteiger partial charge in [-0.15, -0.1) is 0 Å². The summed E-state index contributed by atoms with van der Waals surface area (Å²) in [5.74, 6) is -0.981. The third kappa shape index (κ3) is 4.64. The molecule has 3 aliphatic heterocycles. The number of piperidine rings is 1. The van der Waals surface area contributed by atoms with Crippen LogP contribution in [0.2, 0.25) is 0 Å². The van der Waals surface area contributed by atoms with Crippen LogP contribution in [-0.4, -0.2) is 73.2 Å². The van der Waals surface area contributed by atoms with Gasteiger partial charge in [0.05, 0.1) is 42.9 Å². The summed E-state index contributed by atoms with van der Waals surface area (Å²) in [6.45, 7) is 5.91. The fourth-order valence-corrected chi connectivity index (χ4v) is 4.81. The van der Waals surface area contributed by atoms with Gasteiger partial charge in [-0.25, -0.2) is 4.79 Å². The lowest BCUT2D eigenvalue weighted by atomic mass is 9.87. The number of carbonyl (C=O) groups excluding carboxylic acids is 2. The van der Waals surface area contributed by atoms with Crippen LogP contribution in [0.4, 0.5) is 13.2 Å². The summed E-state index contributed by atoms with van der Waals surface area (Å²) in [5, 5.41) is 0. The molecule has 3 saturated heterocycles. The van der Waals surface area contributed by atoms with E-state index < -0.39 is 23.3 Å². The molecule has 3 unspecified atom stereocenters. The van der Waals surface area contributed by atoms with E-state index in [4.69, 9.17) is 4.74 Å². The van der Waals surface area contributed by atoms with Crippen LogP contribution in [0.3, 0.4) is 0 Å². The Bertz CT molecular complexity index is 878. The van der Waals surface area contributed by atoms with Crippen molar-refractivity contribution in [3.63, 3.8) is 0 Å². The SMILES string of the molecule is COC(=O)c1cc(C2CCN(C(=O)CC(C)OCC34CCN3C4)CC2)ccc1C(F)(F)F. The molecular weight excluding hydrogens is 425 g/mol. The van der Waals surface area contributed by atoms with E-state index in [9.17, 15) is 22.8 Å². The van der Waals surface area contributed by atoms with Crippen LogP contribution in [0.25, 0.3) is 0 Å². The quantitative estimate of drug-likeness (QED) is 0.467. The number of hydrogen-bond donors (Lipinski definition) is 0. The van der Waals surface area contributed by atoms with Gasteiger partial charge in [0.25, 0.3) is 0 Å². The molecule has 0 bridgehead atoms. The Labute approximate surface area is 185 Å². The number of benzene rings is 1. The number of methoxy groups -OCH3 is 1. The van der Waals surface area contributed by atoms with Gasteiger partial charge in [0, 0.05) is 26.2 Å². The smallest absolute Gasteiger partial charge is 0.417 e. The minimum atomic E-state index is -4.63. The van der Waals surface area contributed by atoms with E-state index >= 15 is 0 Å². The molecule has 1 aromatic carbocycles. The summed E-state index contributed by atoms with van der Waals surface area (Å²) >= 11 is 0. The van der Waals surface area contributed by atoms with Crippen molar-refractivity contribution in [3.05, 3.63) is 34.9 Å². The molecule has 6 nitrogen and oxygen atoms in total. The Morgan fingerprint density at radius 1 is 1.22 bits per heavy atom. The normalized spacial score (nSPS) is 26.2. The molecule has 3 heterocycles. The molecule has 4 rings (SSSR count). The number of amides is 1. The number of rotatable bonds is 7. The topological polar surface area (TPSA) is 58.9 Å². The molecule has 32 heavy (non-hydrogen) atoms. The minimum absolute atomic E-state index is 0.0167. The van der Waals surface area contributed by atoms with Gasteiger partial charge in [-0.1, -0.05) is 6.07 Å². The largest absolute Gasteiger partial charge is 0.465 e. The van der Waals surface area contributed by atoms with Crippen molar-refractivity contribution in [3.8, 4) is 0 Å². The van der Waals surface area contributed by atoms with E-state index in [0.29, 0.717) is 44.5 Å². The van der Waals surface area contributed by atoms with Crippen molar-refractivity contribution in [2.45, 2.75) is 56.3 Å². The Morgan fingerprint density at radius 3 is 2.47 bits per heavy atom. The molecule has 0 aliphatic carbocycles. The number of hydrogen-bond acceptors (Lipinski definition) is 5. The first-order valence-corrected chi connectivity index (χ1v) is 11.1. The van der Waals surface area contributed by atoms with Crippen molar-refractivity contribution in [1.82, 2.24) is 9.80 Å². The molecule has 3 fully saturated rings. The summed E-state index contributed by atoms with van der Waals surface area (Å²) in [4.78, 5) is 28.7. The van der Waals surface area contributed by atoms with Crippen LogP contribution in [0, 0.1) is 0 Å². The lowest BCUT2D eigenvalue weighted by molar-refractivity contribution is -0.138. The van der Waals surface area contributed by atoms with Crippen molar-refractivity contribution in [2.75, 3.05) is 39.9 Å². The third-order valence-corrected chi connectivity index (χ3v) is 7.07. The zero-order chi connectivity index (χ0) is 23.1. The van der Waals surface area contributed by atoms with E-state index in [1.807, 2.05) is 6.92 Å². The monoisotopic (exact) mass is 454 g/mol. The number of ether oxygens (including phenoxy) is 2. The Balaban J connectivity index is 1.30. The van der Waals surface area contributed by atoms with Crippen molar-refractivity contribution >= 4 is 11.9 Å². The molecule has 3 atom stereocenters. The van der Waals surface area contributed by atoms with Crippen LogP contribution in [0.5, 0.6) is 0 Å². The second-order valence-electron chi connectivity index (χ2n) is 9.17. The zero-order valence-electron chi connectivity index (χ0n) is 18.4. The second-order valence-corrected chi connectivity index (χ2v) is 9.17. The van der Waals surface area contributed by atoms with Crippen molar-refractivity contribution in [2.24, 2.45) is 0 Å². The maximum absolute atomic E-state index is 13.2. The lowest BCUT2D eigenvalue weighted by Gasteiger charge is -2.33. The number of alkyl halides is 3. The number of nitrogens with zero attached hydrogens (tertiary/aromatic N) is 2. The summed E-state index contributed by atoms with van der Waals surface area (Å²) in [6.07, 6.45) is -2.02. The Morgan fingerprint density at radius 2 is 1.94 bits per heavy atom. The third-order valence-electron chi connectivity index (χ3n) is 7.07. The molecule has 0 radical (unpaired) electrons. The second kappa shape index (κ2) is 8.67. The average Bonchev–Trinajstić information content (AvgIpc) is 3.29. The molecule has 0 saturated carbocycles. The number of likely N-dealkylation sites (tertiary alicyclic amines) is 1. The number of fused-ring (bicyclic) bond motifs is 1. The van der Waals surface area contributed by atoms with Gasteiger partial charge in [0.1, 0.15) is 0 Å². The summed E-state index contributed by atoms with van der Waals surface area (Å²) in [5.41, 5.74) is -0.552. The highest BCUT2D eigenvalue weighted by Crippen LogP contribution is 2.45. The zero-order valence-corrected chi connectivity index (χ0v) is 18.4. The average molecular weight is 454 g/mol. The summed E-state index contributed by atoms with van der Waals surface area (Å²) in [6, 6.07) is 3.66. The van der Waals surface area contributed by atoms with E-state index in [2.05, 4.69) is 9.64 Å². The van der Waals surface area contributed by atoms with E-state index in [0.717, 1.165) is 26.3 Å². The van der Waals surface area contributed by atoms with Gasteiger partial charge >= 0.3 is 12.1 Å². The van der Waals surface area contributed by atoms with Gasteiger partial charge in [-0.2, -0.15) is 13.2 Å². The standard InChI is InChI=1S/C23H29F3N2O4/c1-15(32-14-22-7-10-28(22)13-22)11-20(29)27-8-5-16(6-9-27)17-3-4-19(23(24,25)26)18(12-17)21(30)31-2/h3-4,12,15-16H,5-11,13-14H2,1-2H3. The van der Waals surface area contributed by atoms with Gasteiger partial charge in [-0.3, -0.25) is 9.69 Å². The fourth-order valence-electron chi connectivity index (χ4n) is 4.81. The van der Waals surface area contributed by atoms with Crippen molar-refractivity contribution in [1.29, 1.82) is 0 Å². The predicted molar refractivity (Wildman–Crippen MR) is 110 cm³/mol. The highest BCUT2D eigenvalue weighted by molar-refractivity contribution is 5.91. The van der Waals surface area contributed by atoms with Crippen LogP contribution >= 0.6 is 0 Å². The van der Waals surface area contributed by atoms with Gasteiger partial charge < -0.3 is 14.4 Å². The predicted octanol–water partition coefficient (Wildman–Crippen LogP) is 3.45. The minimum Gasteiger partial charge on any atom is -0.465 e. The van der Waals surface area contributed by atoms with Crippen LogP contribution in [-0.2, 0) is 20.4 Å². The van der Waals surface area contributed by atoms with Crippen LogP contribution < -0.4 is 0 Å². The summed E-state index contributed by atoms with van der Waals surface area (Å²) in [7, 11) is 1.07. The molecular formula is C23H29F3N2O4. The molecule has 1 aromatic rings. The molecule has 3 aliphatic rings. The fraction of sp³-hybridized carbons (Fsp3) is 0.652. The van der Waals surface area contributed by atoms with Crippen LogP contribution in [0.15, 0.2) is 18.2 Å². The highest BCUT2D eigenvalue weighted by Gasteiger charge is 2.59. The van der Waals surface area contributed by atoms with Gasteiger partial charge in [0.15, 0.2) is 0 Å². The molecule has 1 amide bonds. The molecule has 0 spiro atoms. The van der Waals surface area contributed by atoms with E-state index in [-0.39, 0.29) is 23.5 Å².